The molecule has 0 saturated heterocycles. The van der Waals surface area contributed by atoms with Gasteiger partial charge in [-0.3, -0.25) is 0 Å². The average Bonchev–Trinajstić information content (AvgIpc) is 2.38. The summed E-state index contributed by atoms with van der Waals surface area (Å²) in [6, 6.07) is 2.39. The highest BCUT2D eigenvalue weighted by atomic mass is 15.0. The molecule has 0 aromatic carbocycles. The Balaban J connectivity index is 1.91. The molecule has 0 aliphatic heterocycles. The van der Waals surface area contributed by atoms with Crippen molar-refractivity contribution in [2.45, 2.75) is 51.5 Å². The Bertz CT molecular complexity index is 378. The lowest BCUT2D eigenvalue weighted by Crippen LogP contribution is -2.37. The molecule has 0 amide bonds. The molecule has 1 saturated carbocycles. The summed E-state index contributed by atoms with van der Waals surface area (Å²) in [5, 5.41) is 3.41. The number of hydrogen-bond acceptors (Lipinski definition) is 4. The zero-order valence-corrected chi connectivity index (χ0v) is 11.4. The van der Waals surface area contributed by atoms with Crippen LogP contribution in [0.25, 0.3) is 0 Å². The predicted molar refractivity (Wildman–Crippen MR) is 74.5 cm³/mol. The molecular formula is C14H24N4. The first-order valence-corrected chi connectivity index (χ1v) is 6.98. The number of anilines is 1. The van der Waals surface area contributed by atoms with Crippen LogP contribution in [0.15, 0.2) is 12.4 Å². The Morgan fingerprint density at radius 1 is 1.33 bits per heavy atom. The minimum atomic E-state index is 0.345. The molecule has 0 bridgehead atoms. The van der Waals surface area contributed by atoms with Crippen molar-refractivity contribution in [2.75, 3.05) is 11.9 Å². The molecule has 1 aromatic rings. The summed E-state index contributed by atoms with van der Waals surface area (Å²) in [4.78, 5) is 8.54. The summed E-state index contributed by atoms with van der Waals surface area (Å²) < 4.78 is 0. The maximum atomic E-state index is 6.15. The minimum absolute atomic E-state index is 0.345. The number of nitrogens with two attached hydrogens (primary N) is 1. The van der Waals surface area contributed by atoms with E-state index >= 15 is 0 Å². The maximum Gasteiger partial charge on any atom is 0.129 e. The molecule has 1 fully saturated rings. The van der Waals surface area contributed by atoms with Crippen LogP contribution >= 0.6 is 0 Å². The van der Waals surface area contributed by atoms with Crippen LogP contribution in [0.2, 0.25) is 0 Å². The van der Waals surface area contributed by atoms with Gasteiger partial charge in [0, 0.05) is 24.3 Å². The van der Waals surface area contributed by atoms with Crippen molar-refractivity contribution in [1.29, 1.82) is 0 Å². The van der Waals surface area contributed by atoms with Crippen LogP contribution in [-0.2, 0) is 0 Å². The van der Waals surface area contributed by atoms with Gasteiger partial charge in [0.15, 0.2) is 0 Å². The van der Waals surface area contributed by atoms with Gasteiger partial charge in [0.25, 0.3) is 0 Å². The molecular weight excluding hydrogens is 224 g/mol. The van der Waals surface area contributed by atoms with Crippen LogP contribution in [0.4, 0.5) is 5.82 Å². The second-order valence-corrected chi connectivity index (χ2v) is 5.57. The maximum absolute atomic E-state index is 6.15. The molecule has 3 N–H and O–H groups in total. The molecule has 100 valence electrons. The van der Waals surface area contributed by atoms with Gasteiger partial charge in [-0.25, -0.2) is 9.97 Å². The van der Waals surface area contributed by atoms with E-state index in [1.165, 1.54) is 19.3 Å². The van der Waals surface area contributed by atoms with E-state index in [0.717, 1.165) is 24.5 Å². The van der Waals surface area contributed by atoms with Gasteiger partial charge in [0.1, 0.15) is 12.1 Å². The van der Waals surface area contributed by atoms with Gasteiger partial charge in [0.2, 0.25) is 0 Å². The third kappa shape index (κ3) is 3.42. The zero-order valence-electron chi connectivity index (χ0n) is 11.4. The summed E-state index contributed by atoms with van der Waals surface area (Å²) in [6.45, 7) is 5.21. The zero-order chi connectivity index (χ0) is 13.0. The van der Waals surface area contributed by atoms with Crippen molar-refractivity contribution in [3.63, 3.8) is 0 Å². The van der Waals surface area contributed by atoms with Crippen LogP contribution in [0.1, 0.15) is 51.1 Å². The SMILES string of the molecule is CC(C)c1cc(NCC2CCCCC2N)ncn1. The molecule has 1 heterocycles. The quantitative estimate of drug-likeness (QED) is 0.859. The fraction of sp³-hybridized carbons (Fsp3) is 0.714. The van der Waals surface area contributed by atoms with E-state index in [0.29, 0.717) is 17.9 Å². The lowest BCUT2D eigenvalue weighted by Gasteiger charge is -2.28. The second-order valence-electron chi connectivity index (χ2n) is 5.57. The smallest absolute Gasteiger partial charge is 0.129 e. The second kappa shape index (κ2) is 6.14. The Hall–Kier alpha value is -1.16. The first kappa shape index (κ1) is 13.3. The van der Waals surface area contributed by atoms with Crippen molar-refractivity contribution in [3.05, 3.63) is 18.1 Å². The van der Waals surface area contributed by atoms with E-state index in [4.69, 9.17) is 5.73 Å². The van der Waals surface area contributed by atoms with E-state index in [1.807, 2.05) is 6.07 Å². The summed E-state index contributed by atoms with van der Waals surface area (Å²) in [6.07, 6.45) is 6.62. The normalized spacial score (nSPS) is 24.2. The summed E-state index contributed by atoms with van der Waals surface area (Å²) in [5.74, 6) is 1.94. The third-order valence-electron chi connectivity index (χ3n) is 3.79. The first-order valence-electron chi connectivity index (χ1n) is 6.98. The Morgan fingerprint density at radius 2 is 2.11 bits per heavy atom. The Kier molecular flexibility index (Phi) is 4.53. The van der Waals surface area contributed by atoms with Gasteiger partial charge in [0.05, 0.1) is 0 Å². The minimum Gasteiger partial charge on any atom is -0.370 e. The lowest BCUT2D eigenvalue weighted by atomic mass is 9.85. The van der Waals surface area contributed by atoms with Crippen LogP contribution in [0.3, 0.4) is 0 Å². The predicted octanol–water partition coefficient (Wildman–Crippen LogP) is 2.53. The highest BCUT2D eigenvalue weighted by Gasteiger charge is 2.21. The molecule has 4 nitrogen and oxygen atoms in total. The van der Waals surface area contributed by atoms with Crippen LogP contribution < -0.4 is 11.1 Å². The molecule has 1 aromatic heterocycles. The number of nitrogens with one attached hydrogen (secondary N) is 1. The monoisotopic (exact) mass is 248 g/mol. The molecule has 1 aliphatic rings. The van der Waals surface area contributed by atoms with Crippen molar-refractivity contribution in [2.24, 2.45) is 11.7 Å². The lowest BCUT2D eigenvalue weighted by molar-refractivity contribution is 0.321. The van der Waals surface area contributed by atoms with Crippen molar-refractivity contribution in [3.8, 4) is 0 Å². The Morgan fingerprint density at radius 3 is 2.83 bits per heavy atom. The van der Waals surface area contributed by atoms with Gasteiger partial charge < -0.3 is 11.1 Å². The summed E-state index contributed by atoms with van der Waals surface area (Å²) >= 11 is 0. The van der Waals surface area contributed by atoms with Crippen molar-refractivity contribution < 1.29 is 0 Å². The fourth-order valence-corrected chi connectivity index (χ4v) is 2.51. The van der Waals surface area contributed by atoms with E-state index in [-0.39, 0.29) is 0 Å². The highest BCUT2D eigenvalue weighted by molar-refractivity contribution is 5.35. The van der Waals surface area contributed by atoms with E-state index in [1.54, 1.807) is 6.33 Å². The molecule has 18 heavy (non-hydrogen) atoms. The van der Waals surface area contributed by atoms with Gasteiger partial charge in [-0.15, -0.1) is 0 Å². The van der Waals surface area contributed by atoms with Crippen LogP contribution in [-0.4, -0.2) is 22.6 Å². The topological polar surface area (TPSA) is 63.8 Å². The molecule has 2 rings (SSSR count). The first-order chi connectivity index (χ1) is 8.66. The van der Waals surface area contributed by atoms with Gasteiger partial charge >= 0.3 is 0 Å². The highest BCUT2D eigenvalue weighted by Crippen LogP contribution is 2.23. The molecule has 0 spiro atoms. The number of hydrogen-bond donors (Lipinski definition) is 2. The number of rotatable bonds is 4. The number of nitrogens with zero attached hydrogens (tertiary/aromatic N) is 2. The van der Waals surface area contributed by atoms with E-state index < -0.39 is 0 Å². The molecule has 4 heteroatoms. The van der Waals surface area contributed by atoms with Crippen molar-refractivity contribution in [1.82, 2.24) is 9.97 Å². The summed E-state index contributed by atoms with van der Waals surface area (Å²) in [5.41, 5.74) is 7.23. The third-order valence-corrected chi connectivity index (χ3v) is 3.79. The van der Waals surface area contributed by atoms with Crippen molar-refractivity contribution >= 4 is 5.82 Å². The number of aromatic nitrogens is 2. The Labute approximate surface area is 109 Å². The molecule has 1 aliphatic carbocycles. The van der Waals surface area contributed by atoms with Gasteiger partial charge in [-0.2, -0.15) is 0 Å². The molecule has 2 unspecified atom stereocenters. The summed E-state index contributed by atoms with van der Waals surface area (Å²) in [7, 11) is 0. The van der Waals surface area contributed by atoms with Crippen LogP contribution in [0.5, 0.6) is 0 Å². The largest absolute Gasteiger partial charge is 0.370 e. The molecule has 0 radical (unpaired) electrons. The average molecular weight is 248 g/mol. The van der Waals surface area contributed by atoms with Gasteiger partial charge in [-0.1, -0.05) is 26.7 Å². The fourth-order valence-electron chi connectivity index (χ4n) is 2.51. The van der Waals surface area contributed by atoms with Crippen LogP contribution in [0, 0.1) is 5.92 Å². The van der Waals surface area contributed by atoms with E-state index in [9.17, 15) is 0 Å². The van der Waals surface area contributed by atoms with E-state index in [2.05, 4.69) is 29.1 Å². The molecule has 2 atom stereocenters. The standard InChI is InChI=1S/C14H24N4/c1-10(2)13-7-14(18-9-17-13)16-8-11-5-3-4-6-12(11)15/h7,9-12H,3-6,8,15H2,1-2H3,(H,16,17,18). The van der Waals surface area contributed by atoms with Gasteiger partial charge in [-0.05, 0) is 24.7 Å².